The average molecular weight is 358 g/mol. The Bertz CT molecular complexity index is 764. The van der Waals surface area contributed by atoms with Gasteiger partial charge in [-0.2, -0.15) is 0 Å². The number of nitrogens with one attached hydrogen (secondary N) is 1. The molecule has 25 heavy (non-hydrogen) atoms. The van der Waals surface area contributed by atoms with E-state index < -0.39 is 0 Å². The first kappa shape index (κ1) is 16.4. The molecule has 7 heteroatoms. The van der Waals surface area contributed by atoms with Gasteiger partial charge in [0.1, 0.15) is 11.9 Å². The highest BCUT2D eigenvalue weighted by molar-refractivity contribution is 7.99. The molecule has 0 bridgehead atoms. The zero-order valence-corrected chi connectivity index (χ0v) is 15.1. The molecule has 1 unspecified atom stereocenters. The lowest BCUT2D eigenvalue weighted by molar-refractivity contribution is -0.143. The molecular formula is C18H22N4O2S. The van der Waals surface area contributed by atoms with E-state index in [-0.39, 0.29) is 17.9 Å². The van der Waals surface area contributed by atoms with Crippen molar-refractivity contribution in [2.24, 2.45) is 0 Å². The number of fused-ring (bicyclic) bond motifs is 1. The average Bonchev–Trinajstić information content (AvgIpc) is 3.28. The third kappa shape index (κ3) is 3.13. The van der Waals surface area contributed by atoms with Crippen LogP contribution in [-0.4, -0.2) is 62.3 Å². The van der Waals surface area contributed by atoms with Gasteiger partial charge >= 0.3 is 0 Å². The number of amides is 2. The van der Waals surface area contributed by atoms with Crippen LogP contribution in [0.4, 0.5) is 0 Å². The van der Waals surface area contributed by atoms with Crippen LogP contribution >= 0.6 is 11.8 Å². The van der Waals surface area contributed by atoms with Gasteiger partial charge in [-0.15, -0.1) is 11.8 Å². The van der Waals surface area contributed by atoms with Gasteiger partial charge < -0.3 is 14.8 Å². The molecule has 2 aliphatic heterocycles. The first-order chi connectivity index (χ1) is 12.1. The predicted molar refractivity (Wildman–Crippen MR) is 98.3 cm³/mol. The third-order valence-electron chi connectivity index (χ3n) is 5.17. The molecule has 2 saturated heterocycles. The number of likely N-dealkylation sites (tertiary alicyclic amines) is 1. The van der Waals surface area contributed by atoms with Crippen molar-refractivity contribution in [3.63, 3.8) is 0 Å². The molecule has 0 radical (unpaired) electrons. The number of imidazole rings is 1. The monoisotopic (exact) mass is 358 g/mol. The number of thioether (sulfide) groups is 1. The highest BCUT2D eigenvalue weighted by Gasteiger charge is 2.37. The van der Waals surface area contributed by atoms with E-state index in [0.717, 1.165) is 42.8 Å². The van der Waals surface area contributed by atoms with Gasteiger partial charge in [0.05, 0.1) is 16.9 Å². The van der Waals surface area contributed by atoms with Gasteiger partial charge in [0.25, 0.3) is 0 Å². The summed E-state index contributed by atoms with van der Waals surface area (Å²) in [6.45, 7) is 3.00. The molecule has 1 N–H and O–H groups in total. The highest BCUT2D eigenvalue weighted by Crippen LogP contribution is 2.29. The molecule has 3 heterocycles. The standard InChI is InChI=1S/C18H22N4O2S/c1-12(23)22-11-25-10-16(22)18(24)21-8-6-13(7-9-21)17-19-14-4-2-3-5-15(14)20-17/h2-5,13,16H,6-11H2,1H3,(H,19,20). The Kier molecular flexibility index (Phi) is 4.41. The van der Waals surface area contributed by atoms with Crippen LogP contribution in [-0.2, 0) is 9.59 Å². The van der Waals surface area contributed by atoms with E-state index in [1.54, 1.807) is 23.6 Å². The van der Waals surface area contributed by atoms with Crippen LogP contribution < -0.4 is 0 Å². The summed E-state index contributed by atoms with van der Waals surface area (Å²) in [6, 6.07) is 7.77. The second-order valence-corrected chi connectivity index (χ2v) is 7.74. The lowest BCUT2D eigenvalue weighted by atomic mass is 9.95. The highest BCUT2D eigenvalue weighted by atomic mass is 32.2. The molecule has 1 aromatic heterocycles. The maximum Gasteiger partial charge on any atom is 0.246 e. The first-order valence-corrected chi connectivity index (χ1v) is 9.87. The van der Waals surface area contributed by atoms with Gasteiger partial charge in [-0.1, -0.05) is 12.1 Å². The third-order valence-corrected chi connectivity index (χ3v) is 6.19. The normalized spacial score (nSPS) is 21.9. The molecule has 132 valence electrons. The Morgan fingerprint density at radius 2 is 2.00 bits per heavy atom. The number of carbonyl (C=O) groups is 2. The number of rotatable bonds is 2. The summed E-state index contributed by atoms with van der Waals surface area (Å²) in [5.74, 6) is 2.81. The number of benzene rings is 1. The SMILES string of the molecule is CC(=O)N1CSCC1C(=O)N1CCC(c2nc3ccccc3[nH]2)CC1. The number of hydrogen-bond donors (Lipinski definition) is 1. The van der Waals surface area contributed by atoms with Gasteiger partial charge in [-0.05, 0) is 25.0 Å². The number of piperidine rings is 1. The summed E-state index contributed by atoms with van der Waals surface area (Å²) >= 11 is 1.65. The molecule has 6 nitrogen and oxygen atoms in total. The summed E-state index contributed by atoms with van der Waals surface area (Å²) in [7, 11) is 0. The summed E-state index contributed by atoms with van der Waals surface area (Å²) in [5, 5.41) is 0. The van der Waals surface area contributed by atoms with E-state index in [1.807, 2.05) is 29.2 Å². The fraction of sp³-hybridized carbons (Fsp3) is 0.500. The van der Waals surface area contributed by atoms with E-state index in [0.29, 0.717) is 17.5 Å². The zero-order valence-electron chi connectivity index (χ0n) is 14.3. The quantitative estimate of drug-likeness (QED) is 0.893. The van der Waals surface area contributed by atoms with E-state index in [2.05, 4.69) is 4.98 Å². The maximum atomic E-state index is 12.8. The maximum absolute atomic E-state index is 12.8. The predicted octanol–water partition coefficient (Wildman–Crippen LogP) is 2.19. The minimum absolute atomic E-state index is 0.0134. The van der Waals surface area contributed by atoms with Crippen molar-refractivity contribution >= 4 is 34.6 Å². The molecule has 0 aliphatic carbocycles. The van der Waals surface area contributed by atoms with Crippen LogP contribution in [0, 0.1) is 0 Å². The van der Waals surface area contributed by atoms with E-state index >= 15 is 0 Å². The Hall–Kier alpha value is -2.02. The fourth-order valence-corrected chi connectivity index (χ4v) is 4.92. The Labute approximate surface area is 151 Å². The Morgan fingerprint density at radius 1 is 1.24 bits per heavy atom. The minimum Gasteiger partial charge on any atom is -0.342 e. The smallest absolute Gasteiger partial charge is 0.246 e. The molecule has 4 rings (SSSR count). The van der Waals surface area contributed by atoms with Crippen molar-refractivity contribution in [1.82, 2.24) is 19.8 Å². The van der Waals surface area contributed by atoms with Crippen LogP contribution in [0.5, 0.6) is 0 Å². The molecule has 1 atom stereocenters. The Morgan fingerprint density at radius 3 is 2.72 bits per heavy atom. The molecule has 2 fully saturated rings. The van der Waals surface area contributed by atoms with Crippen molar-refractivity contribution in [1.29, 1.82) is 0 Å². The number of aromatic amines is 1. The van der Waals surface area contributed by atoms with Crippen LogP contribution in [0.2, 0.25) is 0 Å². The van der Waals surface area contributed by atoms with Crippen molar-refractivity contribution < 1.29 is 9.59 Å². The van der Waals surface area contributed by atoms with Gasteiger partial charge in [0.15, 0.2) is 0 Å². The van der Waals surface area contributed by atoms with Crippen molar-refractivity contribution in [3.8, 4) is 0 Å². The minimum atomic E-state index is -0.287. The van der Waals surface area contributed by atoms with Gasteiger partial charge in [0.2, 0.25) is 11.8 Å². The summed E-state index contributed by atoms with van der Waals surface area (Å²) < 4.78 is 0. The number of nitrogens with zero attached hydrogens (tertiary/aromatic N) is 3. The number of aromatic nitrogens is 2. The summed E-state index contributed by atoms with van der Waals surface area (Å²) in [6.07, 6.45) is 1.82. The molecular weight excluding hydrogens is 336 g/mol. The largest absolute Gasteiger partial charge is 0.342 e. The number of carbonyl (C=O) groups excluding carboxylic acids is 2. The summed E-state index contributed by atoms with van der Waals surface area (Å²) in [5.41, 5.74) is 2.06. The van der Waals surface area contributed by atoms with Crippen molar-refractivity contribution in [2.75, 3.05) is 24.7 Å². The number of para-hydroxylation sites is 2. The lowest BCUT2D eigenvalue weighted by Crippen LogP contribution is -2.50. The topological polar surface area (TPSA) is 69.3 Å². The van der Waals surface area contributed by atoms with E-state index in [4.69, 9.17) is 4.98 Å². The fourth-order valence-electron chi connectivity index (χ4n) is 3.71. The van der Waals surface area contributed by atoms with Crippen LogP contribution in [0.3, 0.4) is 0 Å². The molecule has 2 aliphatic rings. The second-order valence-electron chi connectivity index (χ2n) is 6.74. The number of H-pyrrole nitrogens is 1. The molecule has 2 aromatic rings. The van der Waals surface area contributed by atoms with Gasteiger partial charge in [-0.3, -0.25) is 9.59 Å². The summed E-state index contributed by atoms with van der Waals surface area (Å²) in [4.78, 5) is 36.2. The molecule has 1 aromatic carbocycles. The molecule has 0 spiro atoms. The molecule has 0 saturated carbocycles. The molecule has 2 amide bonds. The number of hydrogen-bond acceptors (Lipinski definition) is 4. The van der Waals surface area contributed by atoms with Gasteiger partial charge in [-0.25, -0.2) is 4.98 Å². The van der Waals surface area contributed by atoms with E-state index in [1.165, 1.54) is 0 Å². The van der Waals surface area contributed by atoms with Gasteiger partial charge in [0, 0.05) is 31.7 Å². The van der Waals surface area contributed by atoms with Crippen LogP contribution in [0.25, 0.3) is 11.0 Å². The van der Waals surface area contributed by atoms with Crippen molar-refractivity contribution in [2.45, 2.75) is 31.7 Å². The Balaban J connectivity index is 1.41. The lowest BCUT2D eigenvalue weighted by Gasteiger charge is -2.34. The second kappa shape index (κ2) is 6.71. The van der Waals surface area contributed by atoms with Crippen LogP contribution in [0.15, 0.2) is 24.3 Å². The zero-order chi connectivity index (χ0) is 17.4. The van der Waals surface area contributed by atoms with Crippen molar-refractivity contribution in [3.05, 3.63) is 30.1 Å². The first-order valence-electron chi connectivity index (χ1n) is 8.72. The van der Waals surface area contributed by atoms with E-state index in [9.17, 15) is 9.59 Å². The van der Waals surface area contributed by atoms with Crippen LogP contribution in [0.1, 0.15) is 31.5 Å².